The highest BCUT2D eigenvalue weighted by atomic mass is 14.8. The van der Waals surface area contributed by atoms with E-state index >= 15 is 0 Å². The highest BCUT2D eigenvalue weighted by molar-refractivity contribution is 5.38. The second kappa shape index (κ2) is 3.93. The zero-order valence-electron chi connectivity index (χ0n) is 8.22. The molecule has 0 aromatic rings. The van der Waals surface area contributed by atoms with Gasteiger partial charge in [0.05, 0.1) is 0 Å². The summed E-state index contributed by atoms with van der Waals surface area (Å²) in [6.45, 7) is 4.43. The molecule has 0 saturated heterocycles. The fourth-order valence-corrected chi connectivity index (χ4v) is 1.86. The summed E-state index contributed by atoms with van der Waals surface area (Å²) in [6.07, 6.45) is 11.7. The molecule has 1 nitrogen and oxygen atoms in total. The van der Waals surface area contributed by atoms with E-state index in [0.717, 1.165) is 13.1 Å². The van der Waals surface area contributed by atoms with Crippen LogP contribution in [0.2, 0.25) is 0 Å². The molecule has 0 spiro atoms. The summed E-state index contributed by atoms with van der Waals surface area (Å²) in [5, 5.41) is 3.45. The Labute approximate surface area is 80.2 Å². The molecule has 0 bridgehead atoms. The van der Waals surface area contributed by atoms with Crippen molar-refractivity contribution in [1.82, 2.24) is 5.32 Å². The maximum atomic E-state index is 3.45. The van der Waals surface area contributed by atoms with E-state index in [4.69, 9.17) is 0 Å². The molecular formula is C12H17N. The standard InChI is InChI=1S/C12H17N/c1-10-4-6-11-3-2-8-13-9-12(11)7-5-10/h4-7,10,13H,2-3,8-9H2,1H3. The van der Waals surface area contributed by atoms with Crippen molar-refractivity contribution in [3.8, 4) is 0 Å². The SMILES string of the molecule is CC1C=CC2=C(C=C1)CNCCC2. The largest absolute Gasteiger partial charge is 0.313 e. The van der Waals surface area contributed by atoms with E-state index in [2.05, 4.69) is 36.5 Å². The first-order valence-electron chi connectivity index (χ1n) is 5.15. The summed E-state index contributed by atoms with van der Waals surface area (Å²) in [5.74, 6) is 0.590. The molecule has 0 fully saturated rings. The van der Waals surface area contributed by atoms with E-state index in [1.807, 2.05) is 0 Å². The number of hydrogen-bond donors (Lipinski definition) is 1. The molecule has 1 unspecified atom stereocenters. The van der Waals surface area contributed by atoms with Crippen molar-refractivity contribution in [3.05, 3.63) is 35.5 Å². The van der Waals surface area contributed by atoms with Crippen molar-refractivity contribution in [3.63, 3.8) is 0 Å². The van der Waals surface area contributed by atoms with Gasteiger partial charge in [0.15, 0.2) is 0 Å². The second-order valence-corrected chi connectivity index (χ2v) is 3.91. The molecule has 2 rings (SSSR count). The number of rotatable bonds is 0. The molecule has 2 aliphatic rings. The Morgan fingerprint density at radius 2 is 2.00 bits per heavy atom. The zero-order chi connectivity index (χ0) is 9.10. The van der Waals surface area contributed by atoms with Crippen LogP contribution in [0.25, 0.3) is 0 Å². The number of nitrogens with one attached hydrogen (secondary N) is 1. The topological polar surface area (TPSA) is 12.0 Å². The molecule has 0 aromatic heterocycles. The first-order valence-corrected chi connectivity index (χ1v) is 5.15. The summed E-state index contributed by atoms with van der Waals surface area (Å²) >= 11 is 0. The molecule has 1 atom stereocenters. The van der Waals surface area contributed by atoms with Crippen LogP contribution in [0.5, 0.6) is 0 Å². The third kappa shape index (κ3) is 2.10. The molecule has 0 radical (unpaired) electrons. The van der Waals surface area contributed by atoms with Crippen LogP contribution in [-0.2, 0) is 0 Å². The van der Waals surface area contributed by atoms with E-state index in [-0.39, 0.29) is 0 Å². The average molecular weight is 175 g/mol. The lowest BCUT2D eigenvalue weighted by Gasteiger charge is -2.02. The van der Waals surface area contributed by atoms with Gasteiger partial charge in [0, 0.05) is 6.54 Å². The molecule has 1 heterocycles. The minimum atomic E-state index is 0.590. The highest BCUT2D eigenvalue weighted by Crippen LogP contribution is 2.20. The Morgan fingerprint density at radius 3 is 2.85 bits per heavy atom. The molecule has 0 aromatic carbocycles. The van der Waals surface area contributed by atoms with Gasteiger partial charge >= 0.3 is 0 Å². The molecule has 1 aliphatic carbocycles. The fourth-order valence-electron chi connectivity index (χ4n) is 1.86. The first-order chi connectivity index (χ1) is 6.36. The minimum absolute atomic E-state index is 0.590. The molecule has 1 N–H and O–H groups in total. The summed E-state index contributed by atoms with van der Waals surface area (Å²) in [7, 11) is 0. The smallest absolute Gasteiger partial charge is 0.0208 e. The summed E-state index contributed by atoms with van der Waals surface area (Å²) in [5.41, 5.74) is 3.02. The highest BCUT2D eigenvalue weighted by Gasteiger charge is 2.08. The van der Waals surface area contributed by atoms with Crippen LogP contribution in [0.3, 0.4) is 0 Å². The van der Waals surface area contributed by atoms with Gasteiger partial charge in [0.2, 0.25) is 0 Å². The van der Waals surface area contributed by atoms with E-state index in [1.165, 1.54) is 24.0 Å². The molecular weight excluding hydrogens is 158 g/mol. The third-order valence-corrected chi connectivity index (χ3v) is 2.73. The zero-order valence-corrected chi connectivity index (χ0v) is 8.22. The van der Waals surface area contributed by atoms with Crippen molar-refractivity contribution in [1.29, 1.82) is 0 Å². The predicted octanol–water partition coefficient (Wildman–Crippen LogP) is 2.43. The van der Waals surface area contributed by atoms with Crippen LogP contribution >= 0.6 is 0 Å². The molecule has 0 saturated carbocycles. The van der Waals surface area contributed by atoms with Gasteiger partial charge in [-0.3, -0.25) is 0 Å². The molecule has 70 valence electrons. The second-order valence-electron chi connectivity index (χ2n) is 3.91. The van der Waals surface area contributed by atoms with Gasteiger partial charge in [-0.1, -0.05) is 31.2 Å². The average Bonchev–Trinajstić information content (AvgIpc) is 2.43. The summed E-state index contributed by atoms with van der Waals surface area (Å²) in [6, 6.07) is 0. The van der Waals surface area contributed by atoms with Crippen molar-refractivity contribution in [2.24, 2.45) is 5.92 Å². The lowest BCUT2D eigenvalue weighted by molar-refractivity contribution is 0.713. The van der Waals surface area contributed by atoms with Gasteiger partial charge < -0.3 is 5.32 Å². The van der Waals surface area contributed by atoms with Gasteiger partial charge in [0.25, 0.3) is 0 Å². The van der Waals surface area contributed by atoms with Crippen LogP contribution in [0.1, 0.15) is 19.8 Å². The minimum Gasteiger partial charge on any atom is -0.313 e. The van der Waals surface area contributed by atoms with Gasteiger partial charge in [-0.15, -0.1) is 0 Å². The molecule has 1 aliphatic heterocycles. The van der Waals surface area contributed by atoms with Crippen LogP contribution in [0.15, 0.2) is 35.5 Å². The third-order valence-electron chi connectivity index (χ3n) is 2.73. The van der Waals surface area contributed by atoms with Crippen LogP contribution in [-0.4, -0.2) is 13.1 Å². The number of allylic oxidation sites excluding steroid dienone is 4. The van der Waals surface area contributed by atoms with Crippen molar-refractivity contribution in [2.45, 2.75) is 19.8 Å². The predicted molar refractivity (Wildman–Crippen MR) is 56.6 cm³/mol. The van der Waals surface area contributed by atoms with Crippen LogP contribution in [0, 0.1) is 5.92 Å². The molecule has 1 heteroatoms. The molecule has 0 amide bonds. The maximum absolute atomic E-state index is 3.45. The van der Waals surface area contributed by atoms with Crippen molar-refractivity contribution in [2.75, 3.05) is 13.1 Å². The maximum Gasteiger partial charge on any atom is 0.0208 e. The fraction of sp³-hybridized carbons (Fsp3) is 0.500. The Kier molecular flexibility index (Phi) is 2.65. The van der Waals surface area contributed by atoms with Crippen LogP contribution < -0.4 is 5.32 Å². The quantitative estimate of drug-likeness (QED) is 0.596. The normalized spacial score (nSPS) is 28.2. The van der Waals surface area contributed by atoms with Crippen molar-refractivity contribution >= 4 is 0 Å². The Hall–Kier alpha value is -0.820. The Bertz CT molecular complexity index is 245. The van der Waals surface area contributed by atoms with Gasteiger partial charge in [0.1, 0.15) is 0 Å². The first kappa shape index (κ1) is 8.76. The lowest BCUT2D eigenvalue weighted by Crippen LogP contribution is -2.15. The van der Waals surface area contributed by atoms with Gasteiger partial charge in [-0.2, -0.15) is 0 Å². The van der Waals surface area contributed by atoms with E-state index in [0.29, 0.717) is 5.92 Å². The van der Waals surface area contributed by atoms with Crippen LogP contribution in [0.4, 0.5) is 0 Å². The molecule has 13 heavy (non-hydrogen) atoms. The van der Waals surface area contributed by atoms with Gasteiger partial charge in [-0.05, 0) is 36.5 Å². The summed E-state index contributed by atoms with van der Waals surface area (Å²) in [4.78, 5) is 0. The van der Waals surface area contributed by atoms with Gasteiger partial charge in [-0.25, -0.2) is 0 Å². The van der Waals surface area contributed by atoms with E-state index in [9.17, 15) is 0 Å². The van der Waals surface area contributed by atoms with Crippen molar-refractivity contribution < 1.29 is 0 Å². The number of hydrogen-bond acceptors (Lipinski definition) is 1. The van der Waals surface area contributed by atoms with E-state index < -0.39 is 0 Å². The monoisotopic (exact) mass is 175 g/mol. The summed E-state index contributed by atoms with van der Waals surface area (Å²) < 4.78 is 0. The lowest BCUT2D eigenvalue weighted by atomic mass is 10.1. The Balaban J connectivity index is 2.25. The van der Waals surface area contributed by atoms with E-state index in [1.54, 1.807) is 0 Å². The Morgan fingerprint density at radius 1 is 1.23 bits per heavy atom.